The second-order valence-corrected chi connectivity index (χ2v) is 24.7. The van der Waals surface area contributed by atoms with Crippen LogP contribution in [-0.2, 0) is 27.9 Å². The van der Waals surface area contributed by atoms with Crippen molar-refractivity contribution in [1.82, 2.24) is 5.32 Å². The van der Waals surface area contributed by atoms with Gasteiger partial charge in [-0.25, -0.2) is 4.57 Å². The highest BCUT2D eigenvalue weighted by Gasteiger charge is 2.30. The van der Waals surface area contributed by atoms with Crippen LogP contribution in [0.3, 0.4) is 0 Å². The molecule has 438 valence electrons. The average Bonchev–Trinajstić information content (AvgIpc) is 3.36. The quantitative estimate of drug-likeness (QED) is 0.0205. The Bertz CT molecular complexity index is 1320. The molecule has 74 heavy (non-hydrogen) atoms. The van der Waals surface area contributed by atoms with E-state index in [1.807, 2.05) is 33.3 Å². The molecule has 0 aliphatic heterocycles. The number of esters is 1. The summed E-state index contributed by atoms with van der Waals surface area (Å²) in [6.07, 6.45) is 64.6. The van der Waals surface area contributed by atoms with E-state index in [9.17, 15) is 19.0 Å². The molecule has 0 aliphatic rings. The molecule has 0 radical (unpaired) electrons. The molecule has 3 atom stereocenters. The summed E-state index contributed by atoms with van der Waals surface area (Å²) in [6.45, 7) is 7.04. The first-order valence-corrected chi connectivity index (χ1v) is 33.7. The number of nitrogens with zero attached hydrogens (tertiary/aromatic N) is 1. The molecule has 0 saturated carbocycles. The molecule has 0 saturated heterocycles. The van der Waals surface area contributed by atoms with Crippen LogP contribution in [0.15, 0.2) is 24.3 Å². The van der Waals surface area contributed by atoms with E-state index in [0.717, 1.165) is 57.8 Å². The number of rotatable bonds is 59. The van der Waals surface area contributed by atoms with Crippen LogP contribution in [0, 0.1) is 0 Å². The third-order valence-corrected chi connectivity index (χ3v) is 15.6. The van der Waals surface area contributed by atoms with Gasteiger partial charge in [-0.2, -0.15) is 0 Å². The molecule has 9 nitrogen and oxygen atoms in total. The minimum atomic E-state index is -4.44. The monoisotopic (exact) mass is 1070 g/mol. The predicted molar refractivity (Wildman–Crippen MR) is 319 cm³/mol. The summed E-state index contributed by atoms with van der Waals surface area (Å²) in [5, 5.41) is 3.07. The molecule has 2 N–H and O–H groups in total. The third-order valence-electron chi connectivity index (χ3n) is 14.6. The van der Waals surface area contributed by atoms with Crippen LogP contribution < -0.4 is 5.32 Å². The number of allylic oxidation sites excluding steroid dienone is 3. The van der Waals surface area contributed by atoms with Crippen molar-refractivity contribution in [2.75, 3.05) is 40.9 Å². The lowest BCUT2D eigenvalue weighted by Gasteiger charge is -2.27. The van der Waals surface area contributed by atoms with E-state index < -0.39 is 20.0 Å². The van der Waals surface area contributed by atoms with Crippen LogP contribution in [-0.4, -0.2) is 74.3 Å². The summed E-state index contributed by atoms with van der Waals surface area (Å²) in [7, 11) is 1.51. The van der Waals surface area contributed by atoms with Gasteiger partial charge in [-0.3, -0.25) is 18.6 Å². The number of phosphoric ester groups is 1. The lowest BCUT2D eigenvalue weighted by molar-refractivity contribution is -0.870. The zero-order valence-corrected chi connectivity index (χ0v) is 51.0. The highest BCUT2D eigenvalue weighted by Crippen LogP contribution is 2.43. The Balaban J connectivity index is 5.15. The number of likely N-dealkylation sites (N-methyl/N-ethyl adjacent to an activating group) is 1. The molecule has 3 unspecified atom stereocenters. The van der Waals surface area contributed by atoms with Crippen LogP contribution in [0.5, 0.6) is 0 Å². The van der Waals surface area contributed by atoms with Crippen molar-refractivity contribution >= 4 is 19.7 Å². The lowest BCUT2D eigenvalue weighted by atomic mass is 10.0. The molecule has 0 aliphatic carbocycles. The molecule has 0 heterocycles. The van der Waals surface area contributed by atoms with Crippen molar-refractivity contribution in [3.8, 4) is 0 Å². The Morgan fingerprint density at radius 2 is 0.784 bits per heavy atom. The van der Waals surface area contributed by atoms with E-state index in [2.05, 4.69) is 38.2 Å². The summed E-state index contributed by atoms with van der Waals surface area (Å²) in [5.74, 6) is -0.493. The fourth-order valence-electron chi connectivity index (χ4n) is 9.64. The fraction of sp³-hybridized carbons (Fsp3) is 0.906. The van der Waals surface area contributed by atoms with Gasteiger partial charge in [0, 0.05) is 12.8 Å². The summed E-state index contributed by atoms with van der Waals surface area (Å²) in [5.41, 5.74) is 0. The number of hydrogen-bond donors (Lipinski definition) is 2. The second kappa shape index (κ2) is 54.8. The summed E-state index contributed by atoms with van der Waals surface area (Å²) in [6, 6.07) is -0.844. The number of phosphoric acid groups is 1. The smallest absolute Gasteiger partial charge is 0.456 e. The van der Waals surface area contributed by atoms with Crippen molar-refractivity contribution in [3.05, 3.63) is 24.3 Å². The average molecular weight is 1070 g/mol. The van der Waals surface area contributed by atoms with E-state index in [1.165, 1.54) is 231 Å². The molecule has 0 aromatic heterocycles. The number of amides is 1. The number of carbonyl (C=O) groups excluding carboxylic acids is 2. The maximum absolute atomic E-state index is 13.6. The summed E-state index contributed by atoms with van der Waals surface area (Å²) in [4.78, 5) is 37.7. The molecule has 1 amide bonds. The maximum atomic E-state index is 13.6. The minimum Gasteiger partial charge on any atom is -0.456 e. The van der Waals surface area contributed by atoms with Gasteiger partial charge in [0.15, 0.2) is 0 Å². The van der Waals surface area contributed by atoms with Gasteiger partial charge in [-0.05, 0) is 57.4 Å². The van der Waals surface area contributed by atoms with E-state index in [0.29, 0.717) is 23.9 Å². The van der Waals surface area contributed by atoms with Gasteiger partial charge in [-0.15, -0.1) is 0 Å². The number of hydrogen-bond acceptors (Lipinski definition) is 6. The van der Waals surface area contributed by atoms with Crippen molar-refractivity contribution in [2.45, 2.75) is 335 Å². The van der Waals surface area contributed by atoms with E-state index in [1.54, 1.807) is 0 Å². The molecule has 0 bridgehead atoms. The first-order valence-electron chi connectivity index (χ1n) is 32.2. The van der Waals surface area contributed by atoms with Gasteiger partial charge < -0.3 is 19.4 Å². The predicted octanol–water partition coefficient (Wildman–Crippen LogP) is 19.7. The molecule has 0 aromatic rings. The number of ether oxygens (including phenoxy) is 1. The van der Waals surface area contributed by atoms with E-state index in [4.69, 9.17) is 13.8 Å². The van der Waals surface area contributed by atoms with Gasteiger partial charge in [0.05, 0.1) is 33.8 Å². The Kier molecular flexibility index (Phi) is 53.7. The maximum Gasteiger partial charge on any atom is 0.472 e. The van der Waals surface area contributed by atoms with Gasteiger partial charge >= 0.3 is 13.8 Å². The largest absolute Gasteiger partial charge is 0.472 e. The van der Waals surface area contributed by atoms with Gasteiger partial charge in [0.1, 0.15) is 19.3 Å². The highest BCUT2D eigenvalue weighted by atomic mass is 31.2. The number of unbranched alkanes of at least 4 members (excludes halogenated alkanes) is 41. The van der Waals surface area contributed by atoms with Crippen LogP contribution in [0.2, 0.25) is 0 Å². The molecule has 0 rings (SSSR count). The fourth-order valence-corrected chi connectivity index (χ4v) is 10.4. The third kappa shape index (κ3) is 55.3. The van der Waals surface area contributed by atoms with Crippen molar-refractivity contribution < 1.29 is 37.3 Å². The van der Waals surface area contributed by atoms with Gasteiger partial charge in [0.2, 0.25) is 5.91 Å². The topological polar surface area (TPSA) is 111 Å². The second-order valence-electron chi connectivity index (χ2n) is 23.3. The molecular weight excluding hydrogens is 940 g/mol. The minimum absolute atomic E-state index is 0.0432. The van der Waals surface area contributed by atoms with E-state index >= 15 is 0 Å². The Morgan fingerprint density at radius 1 is 0.459 bits per heavy atom. The first kappa shape index (κ1) is 72.5. The number of nitrogens with one attached hydrogen (secondary N) is 1. The van der Waals surface area contributed by atoms with Crippen LogP contribution in [0.25, 0.3) is 0 Å². The zero-order chi connectivity index (χ0) is 54.3. The molecule has 0 fully saturated rings. The SMILES string of the molecule is CCCCCC/C=C\CCCCCCCCCC(=O)OC(/C=C/CCCCCCCCCCCC)C(COP(=O)(O)OCC[N+](C)(C)C)NC(=O)CCCCCCCCCCCCCCCCCCCCCCC. The normalized spacial score (nSPS) is 13.8. The Morgan fingerprint density at radius 3 is 1.16 bits per heavy atom. The number of carbonyl (C=O) groups is 2. The van der Waals surface area contributed by atoms with Crippen LogP contribution in [0.4, 0.5) is 0 Å². The zero-order valence-electron chi connectivity index (χ0n) is 50.1. The first-order chi connectivity index (χ1) is 35.9. The Hall–Kier alpha value is -1.51. The molecule has 0 aromatic carbocycles. The highest BCUT2D eigenvalue weighted by molar-refractivity contribution is 7.47. The van der Waals surface area contributed by atoms with Gasteiger partial charge in [-0.1, -0.05) is 277 Å². The van der Waals surface area contributed by atoms with Crippen molar-refractivity contribution in [1.29, 1.82) is 0 Å². The summed E-state index contributed by atoms with van der Waals surface area (Å²) < 4.78 is 30.7. The molecular formula is C64H126N2O7P+. The molecule has 0 spiro atoms. The van der Waals surface area contributed by atoms with Crippen molar-refractivity contribution in [3.63, 3.8) is 0 Å². The summed E-state index contributed by atoms with van der Waals surface area (Å²) >= 11 is 0. The van der Waals surface area contributed by atoms with E-state index in [-0.39, 0.29) is 25.1 Å². The number of quaternary nitrogens is 1. The van der Waals surface area contributed by atoms with Crippen LogP contribution in [0.1, 0.15) is 323 Å². The van der Waals surface area contributed by atoms with Crippen molar-refractivity contribution in [2.24, 2.45) is 0 Å². The van der Waals surface area contributed by atoms with Gasteiger partial charge in [0.25, 0.3) is 0 Å². The lowest BCUT2D eigenvalue weighted by Crippen LogP contribution is -2.47. The Labute approximate surface area is 460 Å². The molecule has 10 heteroatoms. The van der Waals surface area contributed by atoms with Crippen LogP contribution >= 0.6 is 7.82 Å². The standard InChI is InChI=1S/C64H125N2O7P/c1-7-10-13-16-19-22-25-28-30-31-32-33-34-35-37-38-41-44-47-50-53-56-63(67)65-61(60-72-74(69,70)71-59-58-66(4,5)6)62(55-52-49-46-43-40-27-24-21-18-15-12-9-3)73-64(68)57-54-51-48-45-42-39-36-29-26-23-20-17-14-11-8-2/h23,26,52,55,61-62H,7-22,24-25,27-51,53-54,56-60H2,1-6H3,(H-,65,67,69,70)/p+1/b26-23-,55-52+.